The average Bonchev–Trinajstić information content (AvgIpc) is 1.97. The summed E-state index contributed by atoms with van der Waals surface area (Å²) in [4.78, 5) is 0. The molecule has 0 bridgehead atoms. The minimum atomic E-state index is 0.0292. The number of unbranched alkanes of at least 4 members (excludes halogenated alkanes) is 1. The monoisotopic (exact) mass is 158 g/mol. The van der Waals surface area contributed by atoms with E-state index in [1.807, 2.05) is 7.05 Å². The van der Waals surface area contributed by atoms with Crippen molar-refractivity contribution < 1.29 is 5.11 Å². The fourth-order valence-electron chi connectivity index (χ4n) is 0.970. The molecule has 3 heteroatoms. The topological polar surface area (TPSA) is 58.3 Å². The van der Waals surface area contributed by atoms with Gasteiger partial charge in [0, 0.05) is 0 Å². The van der Waals surface area contributed by atoms with Gasteiger partial charge in [-0.05, 0) is 26.4 Å². The lowest BCUT2D eigenvalue weighted by molar-refractivity contribution is 0.337. The van der Waals surface area contributed by atoms with E-state index in [1.165, 1.54) is 0 Å². The first-order valence-electron chi connectivity index (χ1n) is 3.97. The zero-order valence-corrected chi connectivity index (χ0v) is 7.14. The molecule has 0 aromatic rings. The van der Waals surface area contributed by atoms with Crippen LogP contribution in [0.15, 0.2) is 12.3 Å². The van der Waals surface area contributed by atoms with Gasteiger partial charge >= 0.3 is 0 Å². The highest BCUT2D eigenvalue weighted by molar-refractivity contribution is 4.93. The van der Waals surface area contributed by atoms with Gasteiger partial charge in [0.05, 0.1) is 6.04 Å². The zero-order chi connectivity index (χ0) is 8.69. The minimum absolute atomic E-state index is 0.0292. The summed E-state index contributed by atoms with van der Waals surface area (Å²) in [6.07, 6.45) is 2.94. The number of hydrogen-bond acceptors (Lipinski definition) is 3. The first-order chi connectivity index (χ1) is 5.22. The highest BCUT2D eigenvalue weighted by Gasteiger charge is 2.06. The Hall–Kier alpha value is -0.540. The van der Waals surface area contributed by atoms with Gasteiger partial charge in [-0.1, -0.05) is 13.0 Å². The van der Waals surface area contributed by atoms with Crippen molar-refractivity contribution in [3.8, 4) is 0 Å². The maximum absolute atomic E-state index is 9.02. The number of rotatable bonds is 6. The van der Waals surface area contributed by atoms with Crippen molar-refractivity contribution >= 4 is 0 Å². The molecule has 4 N–H and O–H groups in total. The largest absolute Gasteiger partial charge is 0.511 e. The van der Waals surface area contributed by atoms with Crippen LogP contribution in [0, 0.1) is 0 Å². The number of aliphatic hydroxyl groups is 1. The van der Waals surface area contributed by atoms with Crippen LogP contribution in [0.25, 0.3) is 0 Å². The molecule has 0 heterocycles. The molecular formula is C8H18N2O. The highest BCUT2D eigenvalue weighted by Crippen LogP contribution is 2.04. The summed E-state index contributed by atoms with van der Waals surface area (Å²) in [6, 6.07) is 0.0292. The van der Waals surface area contributed by atoms with Gasteiger partial charge in [-0.25, -0.2) is 0 Å². The molecule has 0 aromatic heterocycles. The molecule has 0 fully saturated rings. The normalized spacial score (nSPS) is 12.9. The fraction of sp³-hybridized carbons (Fsp3) is 0.750. The van der Waals surface area contributed by atoms with Gasteiger partial charge in [-0.3, -0.25) is 0 Å². The maximum atomic E-state index is 9.02. The van der Waals surface area contributed by atoms with E-state index < -0.39 is 0 Å². The molecule has 0 radical (unpaired) electrons. The van der Waals surface area contributed by atoms with E-state index in [2.05, 4.69) is 11.9 Å². The molecule has 1 atom stereocenters. The second-order valence-corrected chi connectivity index (χ2v) is 2.62. The van der Waals surface area contributed by atoms with E-state index in [9.17, 15) is 0 Å². The highest BCUT2D eigenvalue weighted by atomic mass is 16.3. The number of nitrogens with two attached hydrogens (primary N) is 1. The Labute approximate surface area is 68.3 Å². The Morgan fingerprint density at radius 1 is 1.64 bits per heavy atom. The van der Waals surface area contributed by atoms with Crippen molar-refractivity contribution in [2.24, 2.45) is 5.73 Å². The van der Waals surface area contributed by atoms with Crippen LogP contribution in [0.3, 0.4) is 0 Å². The van der Waals surface area contributed by atoms with E-state index >= 15 is 0 Å². The Kier molecular flexibility index (Phi) is 5.88. The Balaban J connectivity index is 3.44. The van der Waals surface area contributed by atoms with Crippen LogP contribution in [0.5, 0.6) is 0 Å². The number of hydrogen-bond donors (Lipinski definition) is 3. The van der Waals surface area contributed by atoms with Crippen molar-refractivity contribution in [3.05, 3.63) is 12.3 Å². The minimum Gasteiger partial charge on any atom is -0.511 e. The first kappa shape index (κ1) is 10.5. The lowest BCUT2D eigenvalue weighted by Crippen LogP contribution is -2.26. The van der Waals surface area contributed by atoms with Crippen molar-refractivity contribution in [2.45, 2.75) is 25.3 Å². The van der Waals surface area contributed by atoms with Crippen LogP contribution in [-0.4, -0.2) is 24.7 Å². The second kappa shape index (κ2) is 6.19. The third-order valence-electron chi connectivity index (χ3n) is 1.70. The molecule has 0 aliphatic rings. The van der Waals surface area contributed by atoms with Crippen molar-refractivity contribution in [3.63, 3.8) is 0 Å². The van der Waals surface area contributed by atoms with E-state index in [1.54, 1.807) is 0 Å². The van der Waals surface area contributed by atoms with E-state index in [4.69, 9.17) is 10.8 Å². The molecule has 11 heavy (non-hydrogen) atoms. The van der Waals surface area contributed by atoms with Crippen LogP contribution < -0.4 is 11.1 Å². The molecule has 0 aromatic carbocycles. The van der Waals surface area contributed by atoms with Gasteiger partial charge in [0.2, 0.25) is 0 Å². The van der Waals surface area contributed by atoms with Gasteiger partial charge in [0.15, 0.2) is 0 Å². The molecular weight excluding hydrogens is 140 g/mol. The summed E-state index contributed by atoms with van der Waals surface area (Å²) in [7, 11) is 1.81. The Morgan fingerprint density at radius 3 is 2.64 bits per heavy atom. The summed E-state index contributed by atoms with van der Waals surface area (Å²) in [5.41, 5.74) is 5.33. The molecule has 0 aliphatic carbocycles. The molecule has 0 amide bonds. The van der Waals surface area contributed by atoms with E-state index in [-0.39, 0.29) is 11.8 Å². The smallest absolute Gasteiger partial charge is 0.102 e. The maximum Gasteiger partial charge on any atom is 0.102 e. The van der Waals surface area contributed by atoms with Crippen LogP contribution in [0.2, 0.25) is 0 Å². The van der Waals surface area contributed by atoms with E-state index in [0.717, 1.165) is 19.3 Å². The number of aliphatic hydroxyl groups excluding tert-OH is 1. The Bertz CT molecular complexity index is 115. The van der Waals surface area contributed by atoms with Crippen LogP contribution in [0.4, 0.5) is 0 Å². The molecule has 0 rings (SSSR count). The lowest BCUT2D eigenvalue weighted by atomic mass is 10.1. The van der Waals surface area contributed by atoms with Gasteiger partial charge in [0.25, 0.3) is 0 Å². The summed E-state index contributed by atoms with van der Waals surface area (Å²) >= 11 is 0. The zero-order valence-electron chi connectivity index (χ0n) is 7.14. The average molecular weight is 158 g/mol. The van der Waals surface area contributed by atoms with Gasteiger partial charge in [-0.2, -0.15) is 0 Å². The summed E-state index contributed by atoms with van der Waals surface area (Å²) in [6.45, 7) is 4.18. The quantitative estimate of drug-likeness (QED) is 0.395. The van der Waals surface area contributed by atoms with Gasteiger partial charge in [-0.15, -0.1) is 0 Å². The summed E-state index contributed by atoms with van der Waals surface area (Å²) in [5.74, 6) is 0.213. The molecule has 0 saturated heterocycles. The molecule has 0 spiro atoms. The first-order valence-corrected chi connectivity index (χ1v) is 3.97. The lowest BCUT2D eigenvalue weighted by Gasteiger charge is -2.13. The van der Waals surface area contributed by atoms with Crippen molar-refractivity contribution in [1.29, 1.82) is 0 Å². The summed E-state index contributed by atoms with van der Waals surface area (Å²) < 4.78 is 0. The number of likely N-dealkylation sites (N-methyl/N-ethyl adjacent to an activating group) is 1. The summed E-state index contributed by atoms with van der Waals surface area (Å²) in [5, 5.41) is 12.0. The molecule has 66 valence electrons. The van der Waals surface area contributed by atoms with E-state index in [0.29, 0.717) is 6.54 Å². The van der Waals surface area contributed by atoms with Crippen LogP contribution in [0.1, 0.15) is 19.3 Å². The van der Waals surface area contributed by atoms with Crippen LogP contribution in [-0.2, 0) is 0 Å². The second-order valence-electron chi connectivity index (χ2n) is 2.62. The SMILES string of the molecule is C=C(O)C(CCCCN)NC. The standard InChI is InChI=1S/C8H18N2O/c1-7(11)8(10-2)5-3-4-6-9/h8,10-11H,1,3-6,9H2,2H3. The molecule has 0 saturated carbocycles. The third kappa shape index (κ3) is 4.81. The predicted octanol–water partition coefficient (Wildman–Crippen LogP) is 0.775. The van der Waals surface area contributed by atoms with Crippen LogP contribution >= 0.6 is 0 Å². The van der Waals surface area contributed by atoms with Crippen molar-refractivity contribution in [1.82, 2.24) is 5.32 Å². The Morgan fingerprint density at radius 2 is 2.27 bits per heavy atom. The predicted molar refractivity (Wildman–Crippen MR) is 47.5 cm³/mol. The third-order valence-corrected chi connectivity index (χ3v) is 1.70. The van der Waals surface area contributed by atoms with Gasteiger partial charge in [0.1, 0.15) is 5.76 Å². The fourth-order valence-corrected chi connectivity index (χ4v) is 0.970. The molecule has 0 aliphatic heterocycles. The number of nitrogens with one attached hydrogen (secondary N) is 1. The van der Waals surface area contributed by atoms with Crippen molar-refractivity contribution in [2.75, 3.05) is 13.6 Å². The van der Waals surface area contributed by atoms with Gasteiger partial charge < -0.3 is 16.2 Å². The molecule has 3 nitrogen and oxygen atoms in total. The molecule has 1 unspecified atom stereocenters.